The molecule has 0 unspecified atom stereocenters. The lowest BCUT2D eigenvalue weighted by molar-refractivity contribution is -0.118. The zero-order valence-electron chi connectivity index (χ0n) is 15.1. The number of methoxy groups -OCH3 is 1. The molecule has 3 rings (SSSR count). The van der Waals surface area contributed by atoms with Gasteiger partial charge in [0.15, 0.2) is 5.16 Å². The lowest BCUT2D eigenvalue weighted by atomic mass is 10.2. The number of aromatic nitrogens is 2. The van der Waals surface area contributed by atoms with Crippen LogP contribution in [0.25, 0.3) is 10.9 Å². The zero-order valence-corrected chi connectivity index (χ0v) is 16.6. The van der Waals surface area contributed by atoms with Gasteiger partial charge < -0.3 is 14.8 Å². The minimum Gasteiger partial charge on any atom is -0.383 e. The molecule has 0 saturated carbocycles. The molecule has 2 aromatic rings. The van der Waals surface area contributed by atoms with Crippen molar-refractivity contribution in [2.24, 2.45) is 0 Å². The van der Waals surface area contributed by atoms with Crippen molar-refractivity contribution in [3.63, 3.8) is 0 Å². The normalized spacial score (nSPS) is 16.7. The Balaban J connectivity index is 1.85. The van der Waals surface area contributed by atoms with Crippen LogP contribution < -0.4 is 10.9 Å². The van der Waals surface area contributed by atoms with Crippen LogP contribution in [0.2, 0.25) is 5.02 Å². The smallest absolute Gasteiger partial charge is 0.262 e. The SMILES string of the molecule is COCCNC(=O)CSc1nc2cc(Cl)ccc2c(=O)n1C[C@@H]1CCCO1. The molecule has 1 amide bonds. The molecule has 1 saturated heterocycles. The molecule has 1 aromatic carbocycles. The maximum atomic E-state index is 13.0. The van der Waals surface area contributed by atoms with Gasteiger partial charge in [0.05, 0.1) is 35.9 Å². The van der Waals surface area contributed by atoms with E-state index in [1.165, 1.54) is 11.8 Å². The first-order chi connectivity index (χ1) is 13.1. The average molecular weight is 412 g/mol. The molecule has 0 radical (unpaired) electrons. The van der Waals surface area contributed by atoms with E-state index in [0.717, 1.165) is 12.8 Å². The fourth-order valence-electron chi connectivity index (χ4n) is 2.91. The fraction of sp³-hybridized carbons (Fsp3) is 0.500. The van der Waals surface area contributed by atoms with E-state index in [1.54, 1.807) is 29.9 Å². The molecular weight excluding hydrogens is 390 g/mol. The second kappa shape index (κ2) is 9.54. The molecule has 7 nitrogen and oxygen atoms in total. The molecule has 146 valence electrons. The number of carbonyl (C=O) groups is 1. The second-order valence-electron chi connectivity index (χ2n) is 6.24. The summed E-state index contributed by atoms with van der Waals surface area (Å²) in [7, 11) is 1.58. The molecular formula is C18H22ClN3O4S. The molecule has 1 aromatic heterocycles. The first kappa shape index (κ1) is 20.1. The number of benzene rings is 1. The Morgan fingerprint density at radius 1 is 1.52 bits per heavy atom. The van der Waals surface area contributed by atoms with Gasteiger partial charge in [0.1, 0.15) is 0 Å². The Kier molecular flexibility index (Phi) is 7.12. The third-order valence-corrected chi connectivity index (χ3v) is 5.46. The number of hydrogen-bond donors (Lipinski definition) is 1. The summed E-state index contributed by atoms with van der Waals surface area (Å²) >= 11 is 7.28. The molecule has 1 aliphatic heterocycles. The summed E-state index contributed by atoms with van der Waals surface area (Å²) in [5, 5.41) is 4.27. The summed E-state index contributed by atoms with van der Waals surface area (Å²) in [6, 6.07) is 5.03. The van der Waals surface area contributed by atoms with Gasteiger partial charge >= 0.3 is 0 Å². The van der Waals surface area contributed by atoms with Crippen molar-refractivity contribution >= 4 is 40.2 Å². The highest BCUT2D eigenvalue weighted by Gasteiger charge is 2.20. The van der Waals surface area contributed by atoms with Gasteiger partial charge in [0.2, 0.25) is 5.91 Å². The maximum Gasteiger partial charge on any atom is 0.262 e. The van der Waals surface area contributed by atoms with Crippen LogP contribution in [0.15, 0.2) is 28.2 Å². The maximum absolute atomic E-state index is 13.0. The summed E-state index contributed by atoms with van der Waals surface area (Å²) in [4.78, 5) is 29.6. The highest BCUT2D eigenvalue weighted by Crippen LogP contribution is 2.22. The van der Waals surface area contributed by atoms with Crippen molar-refractivity contribution < 1.29 is 14.3 Å². The minimum atomic E-state index is -0.144. The zero-order chi connectivity index (χ0) is 19.2. The molecule has 9 heteroatoms. The Morgan fingerprint density at radius 2 is 2.37 bits per heavy atom. The van der Waals surface area contributed by atoms with Gasteiger partial charge in [-0.25, -0.2) is 4.98 Å². The first-order valence-electron chi connectivity index (χ1n) is 8.78. The molecule has 0 spiro atoms. The molecule has 0 bridgehead atoms. The first-order valence-corrected chi connectivity index (χ1v) is 10.1. The number of rotatable bonds is 8. The van der Waals surface area contributed by atoms with Crippen molar-refractivity contribution in [2.45, 2.75) is 30.6 Å². The van der Waals surface area contributed by atoms with E-state index in [9.17, 15) is 9.59 Å². The van der Waals surface area contributed by atoms with Crippen molar-refractivity contribution in [2.75, 3.05) is 32.6 Å². The van der Waals surface area contributed by atoms with Crippen molar-refractivity contribution in [1.82, 2.24) is 14.9 Å². The lowest BCUT2D eigenvalue weighted by Gasteiger charge is -2.16. The van der Waals surface area contributed by atoms with E-state index in [2.05, 4.69) is 10.3 Å². The third kappa shape index (κ3) is 5.22. The summed E-state index contributed by atoms with van der Waals surface area (Å²) in [6.45, 7) is 2.03. The predicted octanol–water partition coefficient (Wildman–Crippen LogP) is 2.08. The molecule has 2 heterocycles. The van der Waals surface area contributed by atoms with E-state index in [4.69, 9.17) is 21.1 Å². The molecule has 1 atom stereocenters. The van der Waals surface area contributed by atoms with E-state index >= 15 is 0 Å². The number of amides is 1. The van der Waals surface area contributed by atoms with Gasteiger partial charge in [-0.2, -0.15) is 0 Å². The number of nitrogens with one attached hydrogen (secondary N) is 1. The van der Waals surface area contributed by atoms with Gasteiger partial charge in [0, 0.05) is 25.3 Å². The van der Waals surface area contributed by atoms with Crippen molar-refractivity contribution in [3.05, 3.63) is 33.6 Å². The number of carbonyl (C=O) groups excluding carboxylic acids is 1. The monoisotopic (exact) mass is 411 g/mol. The number of ether oxygens (including phenoxy) is 2. The number of nitrogens with zero attached hydrogens (tertiary/aromatic N) is 2. The summed E-state index contributed by atoms with van der Waals surface area (Å²) in [5.41, 5.74) is 0.382. The van der Waals surface area contributed by atoms with E-state index in [1.807, 2.05) is 0 Å². The van der Waals surface area contributed by atoms with Crippen LogP contribution in [-0.2, 0) is 20.8 Å². The Bertz CT molecular complexity index is 868. The highest BCUT2D eigenvalue weighted by atomic mass is 35.5. The van der Waals surface area contributed by atoms with Crippen LogP contribution in [0.3, 0.4) is 0 Å². The number of thioether (sulfide) groups is 1. The van der Waals surface area contributed by atoms with Crippen LogP contribution in [-0.4, -0.2) is 54.2 Å². The lowest BCUT2D eigenvalue weighted by Crippen LogP contribution is -2.31. The van der Waals surface area contributed by atoms with Crippen molar-refractivity contribution in [3.8, 4) is 0 Å². The molecule has 1 fully saturated rings. The molecule has 1 aliphatic rings. The van der Waals surface area contributed by atoms with Gasteiger partial charge in [0.25, 0.3) is 5.56 Å². The molecule has 1 N–H and O–H groups in total. The third-order valence-electron chi connectivity index (χ3n) is 4.25. The average Bonchev–Trinajstić information content (AvgIpc) is 3.16. The standard InChI is InChI=1S/C18H22ClN3O4S/c1-25-8-6-20-16(23)11-27-18-21-15-9-12(19)4-5-14(15)17(24)22(18)10-13-3-2-7-26-13/h4-5,9,13H,2-3,6-8,10-11H2,1H3,(H,20,23)/t13-/m0/s1. The quantitative estimate of drug-likeness (QED) is 0.407. The van der Waals surface area contributed by atoms with Gasteiger partial charge in [-0.1, -0.05) is 23.4 Å². The Morgan fingerprint density at radius 3 is 3.11 bits per heavy atom. The van der Waals surface area contributed by atoms with Gasteiger partial charge in [-0.3, -0.25) is 14.2 Å². The second-order valence-corrected chi connectivity index (χ2v) is 7.62. The molecule has 27 heavy (non-hydrogen) atoms. The summed E-state index contributed by atoms with van der Waals surface area (Å²) in [5.74, 6) is 0.0226. The largest absolute Gasteiger partial charge is 0.383 e. The highest BCUT2D eigenvalue weighted by molar-refractivity contribution is 7.99. The van der Waals surface area contributed by atoms with Crippen molar-refractivity contribution in [1.29, 1.82) is 0 Å². The number of fused-ring (bicyclic) bond motifs is 1. The molecule has 0 aliphatic carbocycles. The van der Waals surface area contributed by atoms with E-state index < -0.39 is 0 Å². The number of halogens is 1. The summed E-state index contributed by atoms with van der Waals surface area (Å²) < 4.78 is 12.2. The van der Waals surface area contributed by atoms with Gasteiger partial charge in [-0.15, -0.1) is 0 Å². The Labute approximate surface area is 166 Å². The predicted molar refractivity (Wildman–Crippen MR) is 106 cm³/mol. The topological polar surface area (TPSA) is 82.5 Å². The van der Waals surface area contributed by atoms with E-state index in [-0.39, 0.29) is 23.3 Å². The minimum absolute atomic E-state index is 0.0101. The fourth-order valence-corrected chi connectivity index (χ4v) is 3.92. The van der Waals surface area contributed by atoms with Crippen LogP contribution in [0, 0.1) is 0 Å². The van der Waals surface area contributed by atoms with Crippen LogP contribution in [0.5, 0.6) is 0 Å². The van der Waals surface area contributed by atoms with Crippen LogP contribution in [0.1, 0.15) is 12.8 Å². The van der Waals surface area contributed by atoms with Gasteiger partial charge in [-0.05, 0) is 31.0 Å². The number of hydrogen-bond acceptors (Lipinski definition) is 6. The van der Waals surface area contributed by atoms with Crippen LogP contribution in [0.4, 0.5) is 0 Å². The Hall–Kier alpha value is -1.61. The van der Waals surface area contributed by atoms with Crippen LogP contribution >= 0.6 is 23.4 Å². The van der Waals surface area contributed by atoms with E-state index in [0.29, 0.717) is 47.4 Å². The summed E-state index contributed by atoms with van der Waals surface area (Å²) in [6.07, 6.45) is 1.89.